The normalized spacial score (nSPS) is 13.6. The topological polar surface area (TPSA) is 32.7 Å². The Hall–Kier alpha value is -1.06. The predicted molar refractivity (Wildman–Crippen MR) is 84.0 cm³/mol. The molecule has 20 heavy (non-hydrogen) atoms. The summed E-state index contributed by atoms with van der Waals surface area (Å²) in [5.74, 6) is 0.914. The van der Waals surface area contributed by atoms with Crippen molar-refractivity contribution in [3.63, 3.8) is 0 Å². The lowest BCUT2D eigenvalue weighted by Crippen LogP contribution is -2.29. The maximum absolute atomic E-state index is 9.74. The van der Waals surface area contributed by atoms with Crippen LogP contribution in [0.2, 0.25) is 0 Å². The summed E-state index contributed by atoms with van der Waals surface area (Å²) in [6.45, 7) is 13.0. The Morgan fingerprint density at radius 3 is 2.45 bits per heavy atom. The van der Waals surface area contributed by atoms with Gasteiger partial charge in [0.1, 0.15) is 5.75 Å². The summed E-state index contributed by atoms with van der Waals surface area (Å²) in [5.41, 5.74) is 2.34. The summed E-state index contributed by atoms with van der Waals surface area (Å²) in [4.78, 5) is 2.30. The summed E-state index contributed by atoms with van der Waals surface area (Å²) < 4.78 is 5.69. The molecule has 0 spiro atoms. The molecule has 1 rings (SSSR count). The second-order valence-electron chi connectivity index (χ2n) is 6.71. The van der Waals surface area contributed by atoms with Crippen LogP contribution >= 0.6 is 0 Å². The van der Waals surface area contributed by atoms with Crippen LogP contribution in [-0.4, -0.2) is 30.2 Å². The average molecular weight is 279 g/mol. The molecule has 0 aliphatic heterocycles. The fourth-order valence-corrected chi connectivity index (χ4v) is 2.44. The van der Waals surface area contributed by atoms with Gasteiger partial charge in [-0.3, -0.25) is 0 Å². The van der Waals surface area contributed by atoms with Crippen molar-refractivity contribution >= 4 is 0 Å². The molecule has 0 aliphatic carbocycles. The highest BCUT2D eigenvalue weighted by atomic mass is 16.5. The molecular weight excluding hydrogens is 250 g/mol. The van der Waals surface area contributed by atoms with E-state index in [1.54, 1.807) is 6.92 Å². The summed E-state index contributed by atoms with van der Waals surface area (Å²) in [6.07, 6.45) is -0.447. The molecule has 3 nitrogen and oxygen atoms in total. The van der Waals surface area contributed by atoms with Crippen LogP contribution in [-0.2, 0) is 6.54 Å². The summed E-state index contributed by atoms with van der Waals surface area (Å²) in [5, 5.41) is 9.74. The lowest BCUT2D eigenvalue weighted by atomic mass is 9.96. The maximum Gasteiger partial charge on any atom is 0.123 e. The molecular formula is C17H29NO2. The van der Waals surface area contributed by atoms with Gasteiger partial charge in [0.05, 0.1) is 12.7 Å². The van der Waals surface area contributed by atoms with Crippen molar-refractivity contribution in [3.05, 3.63) is 29.3 Å². The Balaban J connectivity index is 2.92. The van der Waals surface area contributed by atoms with Crippen molar-refractivity contribution in [2.75, 3.05) is 20.2 Å². The zero-order valence-corrected chi connectivity index (χ0v) is 13.7. The van der Waals surface area contributed by atoms with Gasteiger partial charge in [0.25, 0.3) is 0 Å². The Labute approximate surface area is 123 Å². The quantitative estimate of drug-likeness (QED) is 0.863. The number of aliphatic hydroxyl groups excluding tert-OH is 1. The van der Waals surface area contributed by atoms with Crippen molar-refractivity contribution in [2.24, 2.45) is 5.41 Å². The van der Waals surface area contributed by atoms with Crippen molar-refractivity contribution in [1.82, 2.24) is 4.90 Å². The molecule has 0 bridgehead atoms. The molecule has 0 radical (unpaired) electrons. The summed E-state index contributed by atoms with van der Waals surface area (Å²) in [7, 11) is 2.12. The second kappa shape index (κ2) is 7.09. The van der Waals surface area contributed by atoms with Gasteiger partial charge in [0.2, 0.25) is 0 Å². The van der Waals surface area contributed by atoms with Crippen molar-refractivity contribution < 1.29 is 9.84 Å². The van der Waals surface area contributed by atoms with Crippen molar-refractivity contribution in [1.29, 1.82) is 0 Å². The molecule has 0 fully saturated rings. The van der Waals surface area contributed by atoms with E-state index in [-0.39, 0.29) is 5.41 Å². The van der Waals surface area contributed by atoms with Crippen molar-refractivity contribution in [3.8, 4) is 5.75 Å². The van der Waals surface area contributed by atoms with E-state index in [0.717, 1.165) is 30.0 Å². The van der Waals surface area contributed by atoms with Gasteiger partial charge in [0, 0.05) is 18.7 Å². The third-order valence-corrected chi connectivity index (χ3v) is 3.05. The zero-order valence-electron chi connectivity index (χ0n) is 13.7. The highest BCUT2D eigenvalue weighted by molar-refractivity contribution is 5.38. The highest BCUT2D eigenvalue weighted by Crippen LogP contribution is 2.26. The second-order valence-corrected chi connectivity index (χ2v) is 6.71. The molecule has 114 valence electrons. The molecule has 0 aromatic heterocycles. The first kappa shape index (κ1) is 17.0. The van der Waals surface area contributed by atoms with Gasteiger partial charge in [-0.2, -0.15) is 0 Å². The van der Waals surface area contributed by atoms with Crippen LogP contribution in [0.3, 0.4) is 0 Å². The number of aliphatic hydroxyl groups is 1. The number of rotatable bonds is 6. The molecule has 1 N–H and O–H groups in total. The minimum Gasteiger partial charge on any atom is -0.494 e. The molecule has 0 aliphatic rings. The third-order valence-electron chi connectivity index (χ3n) is 3.05. The predicted octanol–water partition coefficient (Wildman–Crippen LogP) is 3.62. The highest BCUT2D eigenvalue weighted by Gasteiger charge is 2.16. The molecule has 0 amide bonds. The van der Waals surface area contributed by atoms with Crippen molar-refractivity contribution in [2.45, 2.75) is 47.3 Å². The van der Waals surface area contributed by atoms with E-state index in [1.807, 2.05) is 19.1 Å². The average Bonchev–Trinajstić information content (AvgIpc) is 2.28. The van der Waals surface area contributed by atoms with Gasteiger partial charge in [-0.1, -0.05) is 26.8 Å². The van der Waals surface area contributed by atoms with Crippen LogP contribution in [0.25, 0.3) is 0 Å². The van der Waals surface area contributed by atoms with E-state index in [9.17, 15) is 5.11 Å². The van der Waals surface area contributed by atoms with Crippen LogP contribution in [0.15, 0.2) is 18.2 Å². The first-order valence-electron chi connectivity index (χ1n) is 7.35. The van der Waals surface area contributed by atoms with Gasteiger partial charge < -0.3 is 14.7 Å². The maximum atomic E-state index is 9.74. The first-order chi connectivity index (χ1) is 9.23. The van der Waals surface area contributed by atoms with Gasteiger partial charge in [-0.15, -0.1) is 0 Å². The largest absolute Gasteiger partial charge is 0.494 e. The molecule has 1 aromatic carbocycles. The standard InChI is InChI=1S/C17H29NO2/c1-7-20-16-9-8-14(13(2)19)10-15(16)11-18(6)12-17(3,4)5/h8-10,13,19H,7,11-12H2,1-6H3. The number of hydrogen-bond donors (Lipinski definition) is 1. The molecule has 1 aromatic rings. The van der Waals surface area contributed by atoms with E-state index in [2.05, 4.69) is 38.8 Å². The molecule has 0 saturated carbocycles. The Morgan fingerprint density at radius 2 is 1.95 bits per heavy atom. The monoisotopic (exact) mass is 279 g/mol. The van der Waals surface area contributed by atoms with E-state index in [0.29, 0.717) is 6.61 Å². The van der Waals surface area contributed by atoms with Crippen LogP contribution in [0, 0.1) is 5.41 Å². The summed E-state index contributed by atoms with van der Waals surface area (Å²) >= 11 is 0. The molecule has 1 atom stereocenters. The number of benzene rings is 1. The van der Waals surface area contributed by atoms with Gasteiger partial charge in [-0.25, -0.2) is 0 Å². The SMILES string of the molecule is CCOc1ccc(C(C)O)cc1CN(C)CC(C)(C)C. The molecule has 1 unspecified atom stereocenters. The summed E-state index contributed by atoms with van der Waals surface area (Å²) in [6, 6.07) is 5.95. The Bertz CT molecular complexity index is 421. The lowest BCUT2D eigenvalue weighted by molar-refractivity contribution is 0.197. The van der Waals surface area contributed by atoms with E-state index in [4.69, 9.17) is 4.74 Å². The van der Waals surface area contributed by atoms with E-state index >= 15 is 0 Å². The lowest BCUT2D eigenvalue weighted by Gasteiger charge is -2.27. The van der Waals surface area contributed by atoms with E-state index < -0.39 is 6.10 Å². The number of nitrogens with zero attached hydrogens (tertiary/aromatic N) is 1. The van der Waals surface area contributed by atoms with Crippen LogP contribution in [0.1, 0.15) is 51.8 Å². The van der Waals surface area contributed by atoms with Gasteiger partial charge in [-0.05, 0) is 44.0 Å². The molecule has 0 saturated heterocycles. The van der Waals surface area contributed by atoms with Crippen LogP contribution < -0.4 is 4.74 Å². The minimum atomic E-state index is -0.447. The minimum absolute atomic E-state index is 0.266. The fraction of sp³-hybridized carbons (Fsp3) is 0.647. The molecule has 0 heterocycles. The third kappa shape index (κ3) is 5.51. The van der Waals surface area contributed by atoms with Crippen LogP contribution in [0.5, 0.6) is 5.75 Å². The number of hydrogen-bond acceptors (Lipinski definition) is 3. The zero-order chi connectivity index (χ0) is 15.3. The van der Waals surface area contributed by atoms with Crippen LogP contribution in [0.4, 0.5) is 0 Å². The smallest absolute Gasteiger partial charge is 0.123 e. The number of ether oxygens (including phenoxy) is 1. The Kier molecular flexibility index (Phi) is 6.03. The van der Waals surface area contributed by atoms with E-state index in [1.165, 1.54) is 0 Å². The Morgan fingerprint density at radius 1 is 1.30 bits per heavy atom. The first-order valence-corrected chi connectivity index (χ1v) is 7.35. The van der Waals surface area contributed by atoms with Gasteiger partial charge >= 0.3 is 0 Å². The fourth-order valence-electron chi connectivity index (χ4n) is 2.44. The molecule has 3 heteroatoms. The van der Waals surface area contributed by atoms with Gasteiger partial charge in [0.15, 0.2) is 0 Å².